The van der Waals surface area contributed by atoms with E-state index in [4.69, 9.17) is 9.84 Å². The molecule has 0 bridgehead atoms. The Morgan fingerprint density at radius 3 is 2.62 bits per heavy atom. The summed E-state index contributed by atoms with van der Waals surface area (Å²) in [6.45, 7) is 8.37. The number of phenolic OH excluding ortho intramolecular Hbond substituents is 1. The Kier molecular flexibility index (Phi) is 6.63. The Morgan fingerprint density at radius 2 is 2.00 bits per heavy atom. The fourth-order valence-electron chi connectivity index (χ4n) is 3.31. The number of carboxylic acids is 1. The van der Waals surface area contributed by atoms with Crippen LogP contribution in [0.2, 0.25) is 0 Å². The van der Waals surface area contributed by atoms with Gasteiger partial charge in [0, 0.05) is 5.56 Å². The van der Waals surface area contributed by atoms with Crippen molar-refractivity contribution in [2.75, 3.05) is 32.8 Å². The fourth-order valence-corrected chi connectivity index (χ4v) is 3.31. The Morgan fingerprint density at radius 1 is 1.29 bits per heavy atom. The van der Waals surface area contributed by atoms with Crippen molar-refractivity contribution in [1.29, 1.82) is 0 Å². The normalized spacial score (nSPS) is 17.8. The van der Waals surface area contributed by atoms with Crippen molar-refractivity contribution in [2.24, 2.45) is 0 Å². The van der Waals surface area contributed by atoms with E-state index in [1.54, 1.807) is 6.07 Å². The number of benzene rings is 1. The van der Waals surface area contributed by atoms with Gasteiger partial charge in [-0.05, 0) is 55.9 Å². The summed E-state index contributed by atoms with van der Waals surface area (Å²) in [6.07, 6.45) is 2.86. The number of aromatic hydroxyl groups is 1. The molecule has 1 aromatic rings. The zero-order valence-corrected chi connectivity index (χ0v) is 14.8. The summed E-state index contributed by atoms with van der Waals surface area (Å²) < 4.78 is 5.37. The van der Waals surface area contributed by atoms with E-state index in [1.165, 1.54) is 0 Å². The number of aliphatic carboxylic acids is 1. The molecule has 0 amide bonds. The number of hydrogen-bond donors (Lipinski definition) is 2. The maximum Gasteiger partial charge on any atom is 0.305 e. The maximum atomic E-state index is 10.5. The third-order valence-corrected chi connectivity index (χ3v) is 5.11. The highest BCUT2D eigenvalue weighted by molar-refractivity contribution is 5.66. The molecule has 24 heavy (non-hydrogen) atoms. The van der Waals surface area contributed by atoms with Gasteiger partial charge in [-0.15, -0.1) is 0 Å². The minimum absolute atomic E-state index is 0.00985. The standard InChI is InChI=1S/C19H29NO4/c1-3-20-10-8-19(2,9-11-20)16-14-15(4-5-17(16)21)6-12-24-13-7-18(22)23/h4-5,14,21H,3,6-13H2,1-2H3,(H,22,23). The molecule has 0 radical (unpaired) electrons. The first-order valence-electron chi connectivity index (χ1n) is 8.79. The van der Waals surface area contributed by atoms with Crippen LogP contribution in [-0.4, -0.2) is 53.9 Å². The molecule has 1 aromatic carbocycles. The highest BCUT2D eigenvalue weighted by Gasteiger charge is 2.33. The van der Waals surface area contributed by atoms with Crippen LogP contribution in [0.15, 0.2) is 18.2 Å². The number of carboxylic acid groups (broad SMARTS) is 1. The summed E-state index contributed by atoms with van der Waals surface area (Å²) in [4.78, 5) is 12.9. The lowest BCUT2D eigenvalue weighted by Gasteiger charge is -2.39. The van der Waals surface area contributed by atoms with Crippen molar-refractivity contribution >= 4 is 5.97 Å². The average Bonchev–Trinajstić information content (AvgIpc) is 2.56. The Hall–Kier alpha value is -1.59. The van der Waals surface area contributed by atoms with Crippen LogP contribution in [0.1, 0.15) is 44.2 Å². The number of rotatable bonds is 8. The van der Waals surface area contributed by atoms with Crippen molar-refractivity contribution < 1.29 is 19.7 Å². The van der Waals surface area contributed by atoms with Gasteiger partial charge >= 0.3 is 5.97 Å². The van der Waals surface area contributed by atoms with E-state index in [0.717, 1.165) is 50.0 Å². The summed E-state index contributed by atoms with van der Waals surface area (Å²) in [5.41, 5.74) is 2.16. The second-order valence-corrected chi connectivity index (χ2v) is 6.85. The summed E-state index contributed by atoms with van der Waals surface area (Å²) in [7, 11) is 0. The zero-order valence-electron chi connectivity index (χ0n) is 14.8. The van der Waals surface area contributed by atoms with Crippen molar-refractivity contribution in [3.8, 4) is 5.75 Å². The van der Waals surface area contributed by atoms with Gasteiger partial charge in [0.15, 0.2) is 0 Å². The third kappa shape index (κ3) is 4.95. The van der Waals surface area contributed by atoms with Crippen LogP contribution in [0.5, 0.6) is 5.75 Å². The molecule has 0 aliphatic carbocycles. The minimum Gasteiger partial charge on any atom is -0.508 e. The molecule has 134 valence electrons. The predicted octanol–water partition coefficient (Wildman–Crippen LogP) is 2.80. The van der Waals surface area contributed by atoms with Crippen LogP contribution in [0.3, 0.4) is 0 Å². The van der Waals surface area contributed by atoms with E-state index in [2.05, 4.69) is 24.8 Å². The van der Waals surface area contributed by atoms with E-state index < -0.39 is 5.97 Å². The molecular weight excluding hydrogens is 306 g/mol. The average molecular weight is 335 g/mol. The zero-order chi connectivity index (χ0) is 17.6. The van der Waals surface area contributed by atoms with Crippen molar-refractivity contribution in [3.05, 3.63) is 29.3 Å². The van der Waals surface area contributed by atoms with E-state index in [9.17, 15) is 9.90 Å². The molecule has 1 saturated heterocycles. The molecule has 5 heteroatoms. The molecule has 1 aliphatic rings. The number of piperidine rings is 1. The number of carbonyl (C=O) groups is 1. The quantitative estimate of drug-likeness (QED) is 0.715. The first kappa shape index (κ1) is 18.7. The first-order chi connectivity index (χ1) is 11.4. The lowest BCUT2D eigenvalue weighted by Crippen LogP contribution is -2.40. The highest BCUT2D eigenvalue weighted by Crippen LogP contribution is 2.40. The smallest absolute Gasteiger partial charge is 0.305 e. The second-order valence-electron chi connectivity index (χ2n) is 6.85. The number of nitrogens with zero attached hydrogens (tertiary/aromatic N) is 1. The monoisotopic (exact) mass is 335 g/mol. The summed E-state index contributed by atoms with van der Waals surface area (Å²) in [5.74, 6) is -0.466. The molecule has 1 fully saturated rings. The molecular formula is C19H29NO4. The van der Waals surface area contributed by atoms with Crippen LogP contribution < -0.4 is 0 Å². The van der Waals surface area contributed by atoms with Crippen LogP contribution in [0, 0.1) is 0 Å². The van der Waals surface area contributed by atoms with Crippen LogP contribution >= 0.6 is 0 Å². The van der Waals surface area contributed by atoms with Crippen LogP contribution in [0.4, 0.5) is 0 Å². The molecule has 2 rings (SSSR count). The number of hydrogen-bond acceptors (Lipinski definition) is 4. The highest BCUT2D eigenvalue weighted by atomic mass is 16.5. The Bertz CT molecular complexity index is 550. The molecule has 0 atom stereocenters. The molecule has 0 spiro atoms. The molecule has 1 heterocycles. The van der Waals surface area contributed by atoms with E-state index in [-0.39, 0.29) is 18.4 Å². The number of ether oxygens (including phenoxy) is 1. The molecule has 1 aliphatic heterocycles. The van der Waals surface area contributed by atoms with Gasteiger partial charge in [0.25, 0.3) is 0 Å². The van der Waals surface area contributed by atoms with Crippen LogP contribution in [-0.2, 0) is 21.4 Å². The predicted molar refractivity (Wildman–Crippen MR) is 93.6 cm³/mol. The van der Waals surface area contributed by atoms with Gasteiger partial charge < -0.3 is 19.8 Å². The van der Waals surface area contributed by atoms with Crippen molar-refractivity contribution in [2.45, 2.75) is 44.9 Å². The summed E-state index contributed by atoms with van der Waals surface area (Å²) in [6, 6.07) is 5.79. The lowest BCUT2D eigenvalue weighted by molar-refractivity contribution is -0.138. The first-order valence-corrected chi connectivity index (χ1v) is 8.79. The SMILES string of the molecule is CCN1CCC(C)(c2cc(CCOCCC(=O)O)ccc2O)CC1. The second kappa shape index (κ2) is 8.49. The van der Waals surface area contributed by atoms with E-state index in [1.807, 2.05) is 6.07 Å². The summed E-state index contributed by atoms with van der Waals surface area (Å²) in [5, 5.41) is 18.9. The van der Waals surface area contributed by atoms with E-state index in [0.29, 0.717) is 12.4 Å². The molecule has 0 aromatic heterocycles. The minimum atomic E-state index is -0.840. The third-order valence-electron chi connectivity index (χ3n) is 5.11. The topological polar surface area (TPSA) is 70.0 Å². The molecule has 0 saturated carbocycles. The van der Waals surface area contributed by atoms with Gasteiger partial charge in [0.2, 0.25) is 0 Å². The van der Waals surface area contributed by atoms with Gasteiger partial charge in [-0.2, -0.15) is 0 Å². The van der Waals surface area contributed by atoms with Crippen molar-refractivity contribution in [1.82, 2.24) is 4.90 Å². The van der Waals surface area contributed by atoms with Gasteiger partial charge in [0.05, 0.1) is 19.6 Å². The van der Waals surface area contributed by atoms with Crippen molar-refractivity contribution in [3.63, 3.8) is 0 Å². The van der Waals surface area contributed by atoms with Gasteiger partial charge in [-0.1, -0.05) is 26.0 Å². The largest absolute Gasteiger partial charge is 0.508 e. The number of phenols is 1. The summed E-state index contributed by atoms with van der Waals surface area (Å²) >= 11 is 0. The van der Waals surface area contributed by atoms with Gasteiger partial charge in [0.1, 0.15) is 5.75 Å². The Labute approximate surface area is 144 Å². The maximum absolute atomic E-state index is 10.5. The Balaban J connectivity index is 1.97. The molecule has 5 nitrogen and oxygen atoms in total. The van der Waals surface area contributed by atoms with Gasteiger partial charge in [-0.3, -0.25) is 4.79 Å². The number of likely N-dealkylation sites (tertiary alicyclic amines) is 1. The fraction of sp³-hybridized carbons (Fsp3) is 0.632. The lowest BCUT2D eigenvalue weighted by atomic mass is 9.73. The molecule has 2 N–H and O–H groups in total. The molecule has 0 unspecified atom stereocenters. The van der Waals surface area contributed by atoms with Gasteiger partial charge in [-0.25, -0.2) is 0 Å². The van der Waals surface area contributed by atoms with E-state index >= 15 is 0 Å². The van der Waals surface area contributed by atoms with Crippen LogP contribution in [0.25, 0.3) is 0 Å².